The number of hydrogen-bond acceptors (Lipinski definition) is 4. The third-order valence-electron chi connectivity index (χ3n) is 5.26. The molecule has 6 nitrogen and oxygen atoms in total. The summed E-state index contributed by atoms with van der Waals surface area (Å²) in [5.41, 5.74) is 3.02. The molecule has 1 aliphatic carbocycles. The third kappa shape index (κ3) is 3.15. The molecule has 0 bridgehead atoms. The number of ether oxygens (including phenoxy) is 1. The SMILES string of the molecule is Cc1nn(C)c(C)c1[C@H]1OCC[C@@H]1C(=O)N(C)CC(O)C1CC1. The molecule has 6 heteroatoms. The minimum absolute atomic E-state index is 0.0647. The molecule has 1 amide bonds. The second-order valence-electron chi connectivity index (χ2n) is 7.02. The fourth-order valence-electron chi connectivity index (χ4n) is 3.61. The number of carbonyl (C=O) groups excluding carboxylic acids is 1. The van der Waals surface area contributed by atoms with E-state index >= 15 is 0 Å². The first-order valence-corrected chi connectivity index (χ1v) is 8.45. The first-order chi connectivity index (χ1) is 10.9. The zero-order chi connectivity index (χ0) is 16.7. The van der Waals surface area contributed by atoms with Gasteiger partial charge in [-0.3, -0.25) is 9.48 Å². The second kappa shape index (κ2) is 6.24. The van der Waals surface area contributed by atoms with Crippen molar-refractivity contribution in [2.24, 2.45) is 18.9 Å². The molecule has 23 heavy (non-hydrogen) atoms. The van der Waals surface area contributed by atoms with Crippen molar-refractivity contribution in [3.63, 3.8) is 0 Å². The third-order valence-corrected chi connectivity index (χ3v) is 5.26. The minimum atomic E-state index is -0.397. The van der Waals surface area contributed by atoms with Gasteiger partial charge in [0.15, 0.2) is 0 Å². The van der Waals surface area contributed by atoms with Gasteiger partial charge in [-0.05, 0) is 39.0 Å². The van der Waals surface area contributed by atoms with E-state index in [9.17, 15) is 9.90 Å². The molecule has 0 spiro atoms. The molecule has 1 unspecified atom stereocenters. The molecule has 2 fully saturated rings. The summed E-state index contributed by atoms with van der Waals surface area (Å²) in [7, 11) is 3.70. The van der Waals surface area contributed by atoms with Crippen LogP contribution in [0.3, 0.4) is 0 Å². The van der Waals surface area contributed by atoms with Crippen LogP contribution >= 0.6 is 0 Å². The summed E-state index contributed by atoms with van der Waals surface area (Å²) in [5.74, 6) is 0.256. The number of likely N-dealkylation sites (N-methyl/N-ethyl adjacent to an activating group) is 1. The number of hydrogen-bond donors (Lipinski definition) is 1. The Bertz CT molecular complexity index is 594. The molecule has 2 aliphatic rings. The lowest BCUT2D eigenvalue weighted by molar-refractivity contribution is -0.137. The number of aliphatic hydroxyl groups excluding tert-OH is 1. The molecule has 1 saturated carbocycles. The maximum absolute atomic E-state index is 12.8. The maximum atomic E-state index is 12.8. The van der Waals surface area contributed by atoms with Gasteiger partial charge in [0.1, 0.15) is 0 Å². The van der Waals surface area contributed by atoms with Crippen LogP contribution in [0.5, 0.6) is 0 Å². The van der Waals surface area contributed by atoms with E-state index in [1.807, 2.05) is 25.6 Å². The molecule has 3 rings (SSSR count). The quantitative estimate of drug-likeness (QED) is 0.889. The van der Waals surface area contributed by atoms with E-state index in [1.165, 1.54) is 0 Å². The summed E-state index contributed by atoms with van der Waals surface area (Å²) in [6, 6.07) is 0. The van der Waals surface area contributed by atoms with Gasteiger partial charge in [0, 0.05) is 38.5 Å². The molecular formula is C17H27N3O3. The topological polar surface area (TPSA) is 67.6 Å². The molecule has 1 N–H and O–H groups in total. The van der Waals surface area contributed by atoms with Gasteiger partial charge in [-0.2, -0.15) is 5.10 Å². The van der Waals surface area contributed by atoms with Crippen LogP contribution in [0.1, 0.15) is 42.3 Å². The van der Waals surface area contributed by atoms with Gasteiger partial charge in [0.2, 0.25) is 5.91 Å². The molecule has 1 saturated heterocycles. The van der Waals surface area contributed by atoms with Crippen LogP contribution in [0.25, 0.3) is 0 Å². The summed E-state index contributed by atoms with van der Waals surface area (Å²) in [4.78, 5) is 14.5. The summed E-state index contributed by atoms with van der Waals surface area (Å²) in [6.07, 6.45) is 2.25. The van der Waals surface area contributed by atoms with Gasteiger partial charge >= 0.3 is 0 Å². The second-order valence-corrected chi connectivity index (χ2v) is 7.02. The Morgan fingerprint density at radius 2 is 2.13 bits per heavy atom. The normalized spacial score (nSPS) is 25.6. The van der Waals surface area contributed by atoms with Crippen LogP contribution in [0.15, 0.2) is 0 Å². The molecular weight excluding hydrogens is 294 g/mol. The minimum Gasteiger partial charge on any atom is -0.391 e. The summed E-state index contributed by atoms with van der Waals surface area (Å²) < 4.78 is 7.74. The number of aromatic nitrogens is 2. The Hall–Kier alpha value is -1.40. The van der Waals surface area contributed by atoms with Crippen LogP contribution in [0.2, 0.25) is 0 Å². The number of amides is 1. The van der Waals surface area contributed by atoms with E-state index in [4.69, 9.17) is 4.74 Å². The zero-order valence-corrected chi connectivity index (χ0v) is 14.5. The number of nitrogens with zero attached hydrogens (tertiary/aromatic N) is 3. The smallest absolute Gasteiger partial charge is 0.228 e. The molecule has 3 atom stereocenters. The largest absolute Gasteiger partial charge is 0.391 e. The lowest BCUT2D eigenvalue weighted by Crippen LogP contribution is -2.39. The average Bonchev–Trinajstić information content (AvgIpc) is 3.20. The van der Waals surface area contributed by atoms with Gasteiger partial charge in [-0.1, -0.05) is 0 Å². The lowest BCUT2D eigenvalue weighted by Gasteiger charge is -2.26. The molecule has 0 aromatic carbocycles. The molecule has 1 aromatic heterocycles. The summed E-state index contributed by atoms with van der Waals surface area (Å²) >= 11 is 0. The van der Waals surface area contributed by atoms with E-state index in [0.29, 0.717) is 19.1 Å². The first-order valence-electron chi connectivity index (χ1n) is 8.45. The first kappa shape index (κ1) is 16.5. The van der Waals surface area contributed by atoms with E-state index < -0.39 is 6.10 Å². The Labute approximate surface area is 137 Å². The van der Waals surface area contributed by atoms with Crippen LogP contribution in [0.4, 0.5) is 0 Å². The van der Waals surface area contributed by atoms with Crippen molar-refractivity contribution in [3.8, 4) is 0 Å². The predicted octanol–water partition coefficient (Wildman–Crippen LogP) is 1.34. The van der Waals surface area contributed by atoms with E-state index in [-0.39, 0.29) is 17.9 Å². The standard InChI is InChI=1S/C17H27N3O3/c1-10-15(11(2)20(4)18-10)16-13(7-8-23-16)17(22)19(3)9-14(21)12-5-6-12/h12-14,16,21H,5-9H2,1-4H3/t13-,14?,16-/m0/s1. The van der Waals surface area contributed by atoms with Gasteiger partial charge < -0.3 is 14.7 Å². The van der Waals surface area contributed by atoms with Crippen molar-refractivity contribution < 1.29 is 14.6 Å². The Kier molecular flexibility index (Phi) is 4.47. The van der Waals surface area contributed by atoms with Crippen molar-refractivity contribution in [2.45, 2.75) is 45.3 Å². The summed E-state index contributed by atoms with van der Waals surface area (Å²) in [5, 5.41) is 14.5. The van der Waals surface area contributed by atoms with Gasteiger partial charge in [0.05, 0.1) is 23.8 Å². The number of carbonyl (C=O) groups is 1. The van der Waals surface area contributed by atoms with E-state index in [2.05, 4.69) is 5.10 Å². The predicted molar refractivity (Wildman–Crippen MR) is 85.8 cm³/mol. The lowest BCUT2D eigenvalue weighted by atomic mass is 9.92. The molecule has 2 heterocycles. The Balaban J connectivity index is 1.74. The van der Waals surface area contributed by atoms with Crippen LogP contribution in [0, 0.1) is 25.7 Å². The van der Waals surface area contributed by atoms with Crippen LogP contribution in [-0.4, -0.2) is 52.0 Å². The average molecular weight is 321 g/mol. The fourth-order valence-corrected chi connectivity index (χ4v) is 3.61. The number of aryl methyl sites for hydroxylation is 2. The van der Waals surface area contributed by atoms with Gasteiger partial charge in [0.25, 0.3) is 0 Å². The van der Waals surface area contributed by atoms with E-state index in [0.717, 1.165) is 36.2 Å². The highest BCUT2D eigenvalue weighted by atomic mass is 16.5. The van der Waals surface area contributed by atoms with Crippen molar-refractivity contribution in [1.82, 2.24) is 14.7 Å². The molecule has 0 radical (unpaired) electrons. The van der Waals surface area contributed by atoms with Crippen LogP contribution in [-0.2, 0) is 16.6 Å². The Morgan fingerprint density at radius 3 is 2.70 bits per heavy atom. The highest BCUT2D eigenvalue weighted by Gasteiger charge is 2.40. The van der Waals surface area contributed by atoms with Gasteiger partial charge in [-0.25, -0.2) is 0 Å². The van der Waals surface area contributed by atoms with Gasteiger partial charge in [-0.15, -0.1) is 0 Å². The number of rotatable bonds is 5. The van der Waals surface area contributed by atoms with Crippen molar-refractivity contribution in [1.29, 1.82) is 0 Å². The Morgan fingerprint density at radius 1 is 1.43 bits per heavy atom. The fraction of sp³-hybridized carbons (Fsp3) is 0.765. The monoisotopic (exact) mass is 321 g/mol. The summed E-state index contributed by atoms with van der Waals surface area (Å²) in [6.45, 7) is 4.98. The molecule has 1 aromatic rings. The molecule has 128 valence electrons. The molecule has 1 aliphatic heterocycles. The van der Waals surface area contributed by atoms with E-state index in [1.54, 1.807) is 11.9 Å². The highest BCUT2D eigenvalue weighted by Crippen LogP contribution is 2.39. The van der Waals surface area contributed by atoms with Crippen molar-refractivity contribution >= 4 is 5.91 Å². The van der Waals surface area contributed by atoms with Crippen molar-refractivity contribution in [2.75, 3.05) is 20.2 Å². The zero-order valence-electron chi connectivity index (χ0n) is 14.5. The van der Waals surface area contributed by atoms with Crippen LogP contribution < -0.4 is 0 Å². The van der Waals surface area contributed by atoms with Crippen molar-refractivity contribution in [3.05, 3.63) is 17.0 Å². The highest BCUT2D eigenvalue weighted by molar-refractivity contribution is 5.80. The number of aliphatic hydroxyl groups is 1. The maximum Gasteiger partial charge on any atom is 0.228 e.